The Morgan fingerprint density at radius 2 is 2.40 bits per heavy atom. The molecule has 1 fully saturated rings. The maximum atomic E-state index is 11.1. The fourth-order valence-electron chi connectivity index (χ4n) is 2.15. The lowest BCUT2D eigenvalue weighted by Gasteiger charge is -2.31. The summed E-state index contributed by atoms with van der Waals surface area (Å²) in [6.07, 6.45) is 1.48. The van der Waals surface area contributed by atoms with Crippen molar-refractivity contribution >= 4 is 5.97 Å². The molecule has 0 amide bonds. The number of nitrogens with two attached hydrogens (primary N) is 1. The summed E-state index contributed by atoms with van der Waals surface area (Å²) in [4.78, 5) is 12.9. The van der Waals surface area contributed by atoms with E-state index in [0.717, 1.165) is 6.42 Å². The fourth-order valence-corrected chi connectivity index (χ4v) is 2.15. The molecular formula is C10H20N2O3. The normalized spacial score (nSPS) is 28.3. The van der Waals surface area contributed by atoms with E-state index in [1.807, 2.05) is 18.9 Å². The number of hydrogen-bond donors (Lipinski definition) is 2. The molecule has 0 aliphatic carbocycles. The van der Waals surface area contributed by atoms with Gasteiger partial charge in [-0.2, -0.15) is 0 Å². The second kappa shape index (κ2) is 5.44. The number of likely N-dealkylation sites (N-methyl/N-ethyl adjacent to an activating group) is 1. The summed E-state index contributed by atoms with van der Waals surface area (Å²) in [5.41, 5.74) is 5.42. The lowest BCUT2D eigenvalue weighted by molar-refractivity contribution is -0.144. The van der Waals surface area contributed by atoms with E-state index in [-0.39, 0.29) is 12.1 Å². The summed E-state index contributed by atoms with van der Waals surface area (Å²) in [6.45, 7) is 3.09. The summed E-state index contributed by atoms with van der Waals surface area (Å²) in [5.74, 6) is -0.804. The van der Waals surface area contributed by atoms with Crippen LogP contribution in [-0.2, 0) is 9.53 Å². The monoisotopic (exact) mass is 216 g/mol. The number of carbonyl (C=O) groups is 1. The van der Waals surface area contributed by atoms with Gasteiger partial charge in [0.05, 0.1) is 6.10 Å². The van der Waals surface area contributed by atoms with Crippen molar-refractivity contribution in [1.82, 2.24) is 4.90 Å². The van der Waals surface area contributed by atoms with E-state index in [9.17, 15) is 4.79 Å². The molecule has 1 heterocycles. The SMILES string of the molecule is CC1OCCC1N(C)C(CCN)C(=O)O. The zero-order chi connectivity index (χ0) is 11.4. The van der Waals surface area contributed by atoms with E-state index in [1.165, 1.54) is 0 Å². The lowest BCUT2D eigenvalue weighted by Crippen LogP contribution is -2.48. The number of nitrogens with zero attached hydrogens (tertiary/aromatic N) is 1. The summed E-state index contributed by atoms with van der Waals surface area (Å²) in [6, 6.07) is -0.304. The van der Waals surface area contributed by atoms with Crippen LogP contribution < -0.4 is 5.73 Å². The minimum absolute atomic E-state index is 0.106. The molecule has 3 atom stereocenters. The number of ether oxygens (including phenoxy) is 1. The first-order valence-corrected chi connectivity index (χ1v) is 5.34. The van der Waals surface area contributed by atoms with Crippen LogP contribution >= 0.6 is 0 Å². The molecule has 3 N–H and O–H groups in total. The van der Waals surface area contributed by atoms with Crippen molar-refractivity contribution in [3.63, 3.8) is 0 Å². The molecule has 5 nitrogen and oxygen atoms in total. The van der Waals surface area contributed by atoms with Gasteiger partial charge in [0.25, 0.3) is 0 Å². The third-order valence-electron chi connectivity index (χ3n) is 3.08. The largest absolute Gasteiger partial charge is 0.480 e. The number of carboxylic acids is 1. The van der Waals surface area contributed by atoms with Gasteiger partial charge in [-0.05, 0) is 33.4 Å². The number of hydrogen-bond acceptors (Lipinski definition) is 4. The minimum atomic E-state index is -0.804. The van der Waals surface area contributed by atoms with Crippen molar-refractivity contribution in [2.75, 3.05) is 20.2 Å². The highest BCUT2D eigenvalue weighted by Crippen LogP contribution is 2.21. The van der Waals surface area contributed by atoms with Crippen molar-refractivity contribution in [1.29, 1.82) is 0 Å². The van der Waals surface area contributed by atoms with Crippen LogP contribution in [0.1, 0.15) is 19.8 Å². The molecule has 0 radical (unpaired) electrons. The zero-order valence-electron chi connectivity index (χ0n) is 9.35. The zero-order valence-corrected chi connectivity index (χ0v) is 9.35. The molecule has 0 saturated carbocycles. The lowest BCUT2D eigenvalue weighted by atomic mass is 10.1. The molecule has 15 heavy (non-hydrogen) atoms. The van der Waals surface area contributed by atoms with Gasteiger partial charge in [-0.3, -0.25) is 9.69 Å². The number of rotatable bonds is 5. The molecule has 1 saturated heterocycles. The molecule has 0 spiro atoms. The van der Waals surface area contributed by atoms with Gasteiger partial charge in [-0.1, -0.05) is 0 Å². The van der Waals surface area contributed by atoms with Gasteiger partial charge < -0.3 is 15.6 Å². The molecule has 0 aromatic heterocycles. The smallest absolute Gasteiger partial charge is 0.320 e. The first-order chi connectivity index (χ1) is 7.07. The summed E-state index contributed by atoms with van der Waals surface area (Å²) in [7, 11) is 1.84. The molecule has 1 aliphatic rings. The Labute approximate surface area is 90.2 Å². The maximum Gasteiger partial charge on any atom is 0.320 e. The summed E-state index contributed by atoms with van der Waals surface area (Å²) in [5, 5.41) is 9.08. The van der Waals surface area contributed by atoms with Gasteiger partial charge in [0.15, 0.2) is 0 Å². The van der Waals surface area contributed by atoms with Crippen LogP contribution in [0.5, 0.6) is 0 Å². The second-order valence-electron chi connectivity index (χ2n) is 4.03. The quantitative estimate of drug-likeness (QED) is 0.671. The molecule has 88 valence electrons. The van der Waals surface area contributed by atoms with Crippen molar-refractivity contribution in [3.8, 4) is 0 Å². The Hall–Kier alpha value is -0.650. The Morgan fingerprint density at radius 1 is 1.73 bits per heavy atom. The van der Waals surface area contributed by atoms with Crippen LogP contribution in [-0.4, -0.2) is 54.4 Å². The van der Waals surface area contributed by atoms with Crippen LogP contribution in [0.15, 0.2) is 0 Å². The Kier molecular flexibility index (Phi) is 4.50. The fraction of sp³-hybridized carbons (Fsp3) is 0.900. The Bertz CT molecular complexity index is 223. The van der Waals surface area contributed by atoms with E-state index >= 15 is 0 Å². The number of carboxylic acid groups (broad SMARTS) is 1. The average molecular weight is 216 g/mol. The predicted octanol–water partition coefficient (Wildman–Crippen LogP) is -0.102. The molecule has 3 unspecified atom stereocenters. The molecule has 1 rings (SSSR count). The van der Waals surface area contributed by atoms with Crippen LogP contribution in [0, 0.1) is 0 Å². The van der Waals surface area contributed by atoms with Gasteiger partial charge in [0, 0.05) is 12.6 Å². The Balaban J connectivity index is 2.62. The first kappa shape index (κ1) is 12.4. The number of aliphatic carboxylic acids is 1. The van der Waals surface area contributed by atoms with Gasteiger partial charge in [0.1, 0.15) is 6.04 Å². The predicted molar refractivity (Wildman–Crippen MR) is 56.7 cm³/mol. The van der Waals surface area contributed by atoms with E-state index < -0.39 is 12.0 Å². The van der Waals surface area contributed by atoms with E-state index in [0.29, 0.717) is 19.6 Å². The van der Waals surface area contributed by atoms with Crippen molar-refractivity contribution in [2.24, 2.45) is 5.73 Å². The van der Waals surface area contributed by atoms with Gasteiger partial charge in [-0.15, -0.1) is 0 Å². The molecule has 5 heteroatoms. The third-order valence-corrected chi connectivity index (χ3v) is 3.08. The summed E-state index contributed by atoms with van der Waals surface area (Å²) < 4.78 is 5.43. The van der Waals surface area contributed by atoms with E-state index in [2.05, 4.69) is 0 Å². The summed E-state index contributed by atoms with van der Waals surface area (Å²) >= 11 is 0. The molecule has 0 aromatic carbocycles. The third kappa shape index (κ3) is 2.90. The first-order valence-electron chi connectivity index (χ1n) is 5.34. The van der Waals surface area contributed by atoms with Crippen molar-refractivity contribution in [3.05, 3.63) is 0 Å². The highest BCUT2D eigenvalue weighted by Gasteiger charge is 2.34. The highest BCUT2D eigenvalue weighted by molar-refractivity contribution is 5.73. The van der Waals surface area contributed by atoms with Crippen LogP contribution in [0.2, 0.25) is 0 Å². The minimum Gasteiger partial charge on any atom is -0.480 e. The second-order valence-corrected chi connectivity index (χ2v) is 4.03. The van der Waals surface area contributed by atoms with Gasteiger partial charge in [-0.25, -0.2) is 0 Å². The van der Waals surface area contributed by atoms with Crippen LogP contribution in [0.3, 0.4) is 0 Å². The topological polar surface area (TPSA) is 75.8 Å². The van der Waals surface area contributed by atoms with Crippen LogP contribution in [0.25, 0.3) is 0 Å². The van der Waals surface area contributed by atoms with Crippen molar-refractivity contribution in [2.45, 2.75) is 38.0 Å². The standard InChI is InChI=1S/C10H20N2O3/c1-7-8(4-6-15-7)12(2)9(3-5-11)10(13)14/h7-9H,3-6,11H2,1-2H3,(H,13,14). The van der Waals surface area contributed by atoms with E-state index in [4.69, 9.17) is 15.6 Å². The average Bonchev–Trinajstić information content (AvgIpc) is 2.59. The molecule has 1 aliphatic heterocycles. The maximum absolute atomic E-state index is 11.1. The van der Waals surface area contributed by atoms with Crippen LogP contribution in [0.4, 0.5) is 0 Å². The molecule has 0 bridgehead atoms. The van der Waals surface area contributed by atoms with Gasteiger partial charge >= 0.3 is 5.97 Å². The van der Waals surface area contributed by atoms with Crippen molar-refractivity contribution < 1.29 is 14.6 Å². The van der Waals surface area contributed by atoms with Gasteiger partial charge in [0.2, 0.25) is 0 Å². The molecule has 0 aromatic rings. The van der Waals surface area contributed by atoms with E-state index in [1.54, 1.807) is 0 Å². The highest BCUT2D eigenvalue weighted by atomic mass is 16.5. The molecular weight excluding hydrogens is 196 g/mol. The Morgan fingerprint density at radius 3 is 2.80 bits per heavy atom.